The number of nitrogens with zero attached hydrogens (tertiary/aromatic N) is 4. The third-order valence-corrected chi connectivity index (χ3v) is 7.46. The number of thioether (sulfide) groups is 1. The van der Waals surface area contributed by atoms with E-state index in [2.05, 4.69) is 30.0 Å². The number of benzene rings is 1. The molecule has 3 aromatic heterocycles. The van der Waals surface area contributed by atoms with Crippen LogP contribution in [0.1, 0.15) is 25.3 Å². The van der Waals surface area contributed by atoms with E-state index in [9.17, 15) is 13.2 Å². The van der Waals surface area contributed by atoms with Gasteiger partial charge in [-0.05, 0) is 48.1 Å². The lowest BCUT2D eigenvalue weighted by Gasteiger charge is -2.18. The molecule has 1 aromatic carbocycles. The van der Waals surface area contributed by atoms with Gasteiger partial charge in [0.25, 0.3) is 15.9 Å². The maximum atomic E-state index is 13.4. The molecule has 0 fully saturated rings. The average Bonchev–Trinajstić information content (AvgIpc) is 3.01. The number of anilines is 2. The average molecular weight is 627 g/mol. The van der Waals surface area contributed by atoms with Gasteiger partial charge < -0.3 is 18.9 Å². The smallest absolute Gasteiger partial charge is 0.412 e. The summed E-state index contributed by atoms with van der Waals surface area (Å²) in [6.07, 6.45) is 4.03. The van der Waals surface area contributed by atoms with Crippen molar-refractivity contribution in [3.8, 4) is 23.1 Å². The van der Waals surface area contributed by atoms with Crippen LogP contribution in [0.2, 0.25) is 0 Å². The molecule has 4 rings (SSSR count). The number of rotatable bonds is 13. The monoisotopic (exact) mass is 626 g/mol. The van der Waals surface area contributed by atoms with Crippen LogP contribution in [-0.2, 0) is 14.8 Å². The predicted octanol–water partition coefficient (Wildman–Crippen LogP) is 5.34. The van der Waals surface area contributed by atoms with Gasteiger partial charge in [0, 0.05) is 12.4 Å². The zero-order valence-corrected chi connectivity index (χ0v) is 25.4. The highest BCUT2D eigenvalue weighted by atomic mass is 32.2. The Labute approximate surface area is 253 Å². The van der Waals surface area contributed by atoms with E-state index < -0.39 is 16.1 Å². The lowest BCUT2D eigenvalue weighted by Crippen LogP contribution is -2.19. The lowest BCUT2D eigenvalue weighted by atomic mass is 10.1. The Morgan fingerprint density at radius 1 is 0.977 bits per heavy atom. The van der Waals surface area contributed by atoms with Crippen molar-refractivity contribution >= 4 is 39.5 Å². The molecule has 0 aliphatic rings. The maximum absolute atomic E-state index is 13.4. The van der Waals surface area contributed by atoms with Crippen LogP contribution in [0.15, 0.2) is 77.2 Å². The van der Waals surface area contributed by atoms with Crippen LogP contribution >= 0.6 is 11.8 Å². The van der Waals surface area contributed by atoms with Gasteiger partial charge in [-0.15, -0.1) is 0 Å². The molecule has 4 aromatic rings. The predicted molar refractivity (Wildman–Crippen MR) is 161 cm³/mol. The van der Waals surface area contributed by atoms with Gasteiger partial charge in [-0.3, -0.25) is 10.0 Å². The molecule has 0 aliphatic heterocycles. The lowest BCUT2D eigenvalue weighted by molar-refractivity contribution is 0.135. The summed E-state index contributed by atoms with van der Waals surface area (Å²) in [5.41, 5.74) is 0.887. The van der Waals surface area contributed by atoms with Gasteiger partial charge >= 0.3 is 6.09 Å². The minimum absolute atomic E-state index is 0.0974. The number of para-hydroxylation sites is 2. The molecule has 3 heterocycles. The first-order chi connectivity index (χ1) is 20.7. The highest BCUT2D eigenvalue weighted by Gasteiger charge is 2.26. The SMILES string of the molecule is COc1ccccc1Oc1c(NS(=O)(=O)c2ccc(C(C)C)cn2)nc(SC)nc1OCCOC(=O)Nc1ccccn1. The molecule has 226 valence electrons. The Hall–Kier alpha value is -4.63. The quantitative estimate of drug-likeness (QED) is 0.111. The topological polar surface area (TPSA) is 164 Å². The number of amides is 1. The molecule has 0 atom stereocenters. The number of carbonyl (C=O) groups is 1. The van der Waals surface area contributed by atoms with Crippen molar-refractivity contribution in [2.75, 3.05) is 36.6 Å². The summed E-state index contributed by atoms with van der Waals surface area (Å²) < 4.78 is 51.7. The summed E-state index contributed by atoms with van der Waals surface area (Å²) in [5, 5.41) is 2.48. The second-order valence-electron chi connectivity index (χ2n) is 8.96. The molecule has 1 amide bonds. The fraction of sp³-hybridized carbons (Fsp3) is 0.250. The molecule has 0 spiro atoms. The third-order valence-electron chi connectivity index (χ3n) is 5.66. The van der Waals surface area contributed by atoms with Crippen LogP contribution in [0.3, 0.4) is 0 Å². The molecule has 0 aliphatic carbocycles. The number of nitrogens with one attached hydrogen (secondary N) is 2. The number of ether oxygens (including phenoxy) is 4. The van der Waals surface area contributed by atoms with Crippen molar-refractivity contribution < 1.29 is 32.2 Å². The van der Waals surface area contributed by atoms with E-state index in [1.165, 1.54) is 25.6 Å². The highest BCUT2D eigenvalue weighted by Crippen LogP contribution is 2.41. The fourth-order valence-electron chi connectivity index (χ4n) is 3.50. The first kappa shape index (κ1) is 31.3. The molecular weight excluding hydrogens is 596 g/mol. The molecule has 0 radical (unpaired) electrons. The van der Waals surface area contributed by atoms with Gasteiger partial charge in [0.1, 0.15) is 19.0 Å². The van der Waals surface area contributed by atoms with Gasteiger partial charge in [-0.1, -0.05) is 49.9 Å². The van der Waals surface area contributed by atoms with E-state index in [1.807, 2.05) is 13.8 Å². The summed E-state index contributed by atoms with van der Waals surface area (Å²) in [6.45, 7) is 3.65. The van der Waals surface area contributed by atoms with Crippen molar-refractivity contribution in [3.63, 3.8) is 0 Å². The molecular formula is C28H30N6O7S2. The molecule has 0 unspecified atom stereocenters. The Bertz CT molecular complexity index is 1640. The minimum Gasteiger partial charge on any atom is -0.493 e. The highest BCUT2D eigenvalue weighted by molar-refractivity contribution is 7.98. The summed E-state index contributed by atoms with van der Waals surface area (Å²) in [5.74, 6) is 0.699. The largest absolute Gasteiger partial charge is 0.493 e. The Morgan fingerprint density at radius 3 is 2.40 bits per heavy atom. The van der Waals surface area contributed by atoms with Crippen molar-refractivity contribution in [2.24, 2.45) is 0 Å². The standard InChI is InChI=1S/C28H30N6O7S2/c1-18(2)19-12-13-23(30-17-19)43(36,37)34-25-24(41-21-10-6-5-9-20(21)38-3)26(33-27(32-25)42-4)39-15-16-40-28(35)31-22-11-7-8-14-29-22/h5-14,17-18H,15-16H2,1-4H3,(H,29,31,35)(H,32,33,34). The van der Waals surface area contributed by atoms with Crippen LogP contribution in [-0.4, -0.2) is 61.0 Å². The normalized spacial score (nSPS) is 11.1. The number of pyridine rings is 2. The summed E-state index contributed by atoms with van der Waals surface area (Å²) in [6, 6.07) is 14.9. The Balaban J connectivity index is 1.61. The van der Waals surface area contributed by atoms with Crippen molar-refractivity contribution in [1.29, 1.82) is 0 Å². The Kier molecular flexibility index (Phi) is 10.6. The van der Waals surface area contributed by atoms with Gasteiger partial charge in [0.05, 0.1) is 7.11 Å². The molecule has 2 N–H and O–H groups in total. The molecule has 0 saturated heterocycles. The number of sulfonamides is 1. The number of carbonyl (C=O) groups excluding carboxylic acids is 1. The van der Waals surface area contributed by atoms with E-state index >= 15 is 0 Å². The van der Waals surface area contributed by atoms with Gasteiger partial charge in [-0.25, -0.2) is 19.7 Å². The zero-order valence-electron chi connectivity index (χ0n) is 23.8. The van der Waals surface area contributed by atoms with E-state index in [-0.39, 0.29) is 52.5 Å². The molecule has 0 saturated carbocycles. The van der Waals surface area contributed by atoms with E-state index in [0.29, 0.717) is 11.6 Å². The van der Waals surface area contributed by atoms with Crippen LogP contribution in [0.5, 0.6) is 23.1 Å². The maximum Gasteiger partial charge on any atom is 0.412 e. The molecule has 15 heteroatoms. The molecule has 0 bridgehead atoms. The van der Waals surface area contributed by atoms with E-state index in [1.54, 1.807) is 54.8 Å². The van der Waals surface area contributed by atoms with Crippen LogP contribution < -0.4 is 24.2 Å². The van der Waals surface area contributed by atoms with Crippen LogP contribution in [0, 0.1) is 0 Å². The second-order valence-corrected chi connectivity index (χ2v) is 11.4. The number of hydrogen-bond donors (Lipinski definition) is 2. The van der Waals surface area contributed by atoms with Crippen molar-refractivity contribution in [3.05, 3.63) is 72.6 Å². The summed E-state index contributed by atoms with van der Waals surface area (Å²) in [7, 11) is -2.74. The minimum atomic E-state index is -4.21. The molecule has 13 nitrogen and oxygen atoms in total. The van der Waals surface area contributed by atoms with E-state index in [0.717, 1.165) is 17.3 Å². The van der Waals surface area contributed by atoms with E-state index in [4.69, 9.17) is 18.9 Å². The molecule has 43 heavy (non-hydrogen) atoms. The van der Waals surface area contributed by atoms with Crippen LogP contribution in [0.4, 0.5) is 16.4 Å². The number of aromatic nitrogens is 4. The van der Waals surface area contributed by atoms with Crippen molar-refractivity contribution in [1.82, 2.24) is 19.9 Å². The third kappa shape index (κ3) is 8.45. The first-order valence-corrected chi connectivity index (χ1v) is 15.6. The van der Waals surface area contributed by atoms with Crippen molar-refractivity contribution in [2.45, 2.75) is 29.9 Å². The first-order valence-electron chi connectivity index (χ1n) is 12.9. The fourth-order valence-corrected chi connectivity index (χ4v) is 4.79. The van der Waals surface area contributed by atoms with Gasteiger partial charge in [0.2, 0.25) is 5.75 Å². The summed E-state index contributed by atoms with van der Waals surface area (Å²) >= 11 is 1.16. The summed E-state index contributed by atoms with van der Waals surface area (Å²) in [4.78, 5) is 29.0. The number of methoxy groups -OCH3 is 1. The van der Waals surface area contributed by atoms with Crippen LogP contribution in [0.25, 0.3) is 0 Å². The number of hydrogen-bond acceptors (Lipinski definition) is 12. The zero-order chi connectivity index (χ0) is 30.8. The Morgan fingerprint density at radius 2 is 1.74 bits per heavy atom. The van der Waals surface area contributed by atoms with Gasteiger partial charge in [-0.2, -0.15) is 13.4 Å². The van der Waals surface area contributed by atoms with Gasteiger partial charge in [0.15, 0.2) is 27.5 Å². The second kappa shape index (κ2) is 14.5.